The summed E-state index contributed by atoms with van der Waals surface area (Å²) < 4.78 is 6.01. The van der Waals surface area contributed by atoms with E-state index < -0.39 is 0 Å². The monoisotopic (exact) mass is 285 g/mol. The van der Waals surface area contributed by atoms with Gasteiger partial charge in [0.1, 0.15) is 0 Å². The quantitative estimate of drug-likeness (QED) is 0.844. The predicted molar refractivity (Wildman–Crippen MR) is 68.6 cm³/mol. The Balaban J connectivity index is 2.52. The number of rotatable bonds is 5. The first-order valence-electron chi connectivity index (χ1n) is 5.27. The van der Waals surface area contributed by atoms with E-state index in [1.807, 2.05) is 32.0 Å². The summed E-state index contributed by atoms with van der Waals surface area (Å²) in [6, 6.07) is 5.84. The highest BCUT2D eigenvalue weighted by Crippen LogP contribution is 2.23. The molecule has 88 valence electrons. The topological polar surface area (TPSA) is 38.3 Å². The number of benzene rings is 1. The molecule has 3 nitrogen and oxygen atoms in total. The molecule has 1 rings (SSSR count). The van der Waals surface area contributed by atoms with Gasteiger partial charge in [-0.25, -0.2) is 0 Å². The average Bonchev–Trinajstić information content (AvgIpc) is 2.24. The van der Waals surface area contributed by atoms with Gasteiger partial charge in [0.05, 0.1) is 18.7 Å². The standard InChI is InChI=1S/C12H16BrNO2/c1-3-16-7-6-12(15)14-11-8-9(2)4-5-10(11)13/h4-5,8H,3,6-7H2,1-2H3,(H,14,15). The van der Waals surface area contributed by atoms with Crippen LogP contribution in [0.25, 0.3) is 0 Å². The first-order valence-corrected chi connectivity index (χ1v) is 6.06. The first kappa shape index (κ1) is 13.2. The van der Waals surface area contributed by atoms with Crippen molar-refractivity contribution in [2.24, 2.45) is 0 Å². The average molecular weight is 286 g/mol. The molecule has 1 aromatic carbocycles. The highest BCUT2D eigenvalue weighted by Gasteiger charge is 2.05. The summed E-state index contributed by atoms with van der Waals surface area (Å²) in [5.41, 5.74) is 1.92. The van der Waals surface area contributed by atoms with E-state index in [4.69, 9.17) is 4.74 Å². The minimum Gasteiger partial charge on any atom is -0.381 e. The van der Waals surface area contributed by atoms with Gasteiger partial charge in [0.15, 0.2) is 0 Å². The molecular weight excluding hydrogens is 270 g/mol. The van der Waals surface area contributed by atoms with Gasteiger partial charge in [0, 0.05) is 11.1 Å². The maximum absolute atomic E-state index is 11.5. The van der Waals surface area contributed by atoms with Crippen LogP contribution in [0.4, 0.5) is 5.69 Å². The molecule has 0 unspecified atom stereocenters. The van der Waals surface area contributed by atoms with Gasteiger partial charge in [-0.1, -0.05) is 6.07 Å². The number of ether oxygens (including phenoxy) is 1. The van der Waals surface area contributed by atoms with Crippen molar-refractivity contribution in [3.05, 3.63) is 28.2 Å². The van der Waals surface area contributed by atoms with E-state index >= 15 is 0 Å². The van der Waals surface area contributed by atoms with Crippen molar-refractivity contribution in [2.75, 3.05) is 18.5 Å². The van der Waals surface area contributed by atoms with E-state index in [0.717, 1.165) is 15.7 Å². The lowest BCUT2D eigenvalue weighted by molar-refractivity contribution is -0.117. The Morgan fingerprint density at radius 1 is 1.50 bits per heavy atom. The molecule has 1 amide bonds. The second kappa shape index (κ2) is 6.66. The van der Waals surface area contributed by atoms with Crippen molar-refractivity contribution < 1.29 is 9.53 Å². The molecule has 0 radical (unpaired) electrons. The van der Waals surface area contributed by atoms with E-state index in [9.17, 15) is 4.79 Å². The maximum Gasteiger partial charge on any atom is 0.226 e. The third-order valence-corrected chi connectivity index (χ3v) is 2.77. The zero-order chi connectivity index (χ0) is 12.0. The molecule has 0 saturated carbocycles. The Morgan fingerprint density at radius 3 is 2.94 bits per heavy atom. The highest BCUT2D eigenvalue weighted by molar-refractivity contribution is 9.10. The third kappa shape index (κ3) is 4.33. The summed E-state index contributed by atoms with van der Waals surface area (Å²) in [7, 11) is 0. The molecule has 0 aromatic heterocycles. The van der Waals surface area contributed by atoms with Crippen LogP contribution in [-0.4, -0.2) is 19.1 Å². The molecule has 0 aliphatic carbocycles. The highest BCUT2D eigenvalue weighted by atomic mass is 79.9. The van der Waals surface area contributed by atoms with Crippen molar-refractivity contribution in [2.45, 2.75) is 20.3 Å². The number of halogens is 1. The molecule has 0 atom stereocenters. The normalized spacial score (nSPS) is 10.2. The number of hydrogen-bond acceptors (Lipinski definition) is 2. The van der Waals surface area contributed by atoms with E-state index in [1.165, 1.54) is 0 Å². The number of hydrogen-bond donors (Lipinski definition) is 1. The van der Waals surface area contributed by atoms with E-state index in [2.05, 4.69) is 21.2 Å². The largest absolute Gasteiger partial charge is 0.381 e. The molecule has 4 heteroatoms. The van der Waals surface area contributed by atoms with Crippen LogP contribution in [0.3, 0.4) is 0 Å². The van der Waals surface area contributed by atoms with Crippen LogP contribution in [-0.2, 0) is 9.53 Å². The lowest BCUT2D eigenvalue weighted by Crippen LogP contribution is -2.14. The number of nitrogens with one attached hydrogen (secondary N) is 1. The van der Waals surface area contributed by atoms with Crippen LogP contribution >= 0.6 is 15.9 Å². The second-order valence-electron chi connectivity index (χ2n) is 3.48. The SMILES string of the molecule is CCOCCC(=O)Nc1cc(C)ccc1Br. The summed E-state index contributed by atoms with van der Waals surface area (Å²) in [6.45, 7) is 5.00. The van der Waals surface area contributed by atoms with Gasteiger partial charge in [0.25, 0.3) is 0 Å². The Hall–Kier alpha value is -0.870. The van der Waals surface area contributed by atoms with Gasteiger partial charge in [-0.15, -0.1) is 0 Å². The minimum absolute atomic E-state index is 0.0280. The fourth-order valence-corrected chi connectivity index (χ4v) is 1.60. The molecule has 1 aromatic rings. The van der Waals surface area contributed by atoms with Crippen molar-refractivity contribution in [3.8, 4) is 0 Å². The summed E-state index contributed by atoms with van der Waals surface area (Å²) in [5, 5.41) is 2.84. The van der Waals surface area contributed by atoms with Crippen LogP contribution in [0.5, 0.6) is 0 Å². The fourth-order valence-electron chi connectivity index (χ4n) is 1.26. The van der Waals surface area contributed by atoms with Gasteiger partial charge in [0.2, 0.25) is 5.91 Å². The molecule has 0 heterocycles. The summed E-state index contributed by atoms with van der Waals surface area (Å²) in [5.74, 6) is -0.0280. The number of carbonyl (C=O) groups excluding carboxylic acids is 1. The Kier molecular flexibility index (Phi) is 5.49. The van der Waals surface area contributed by atoms with Crippen molar-refractivity contribution in [1.82, 2.24) is 0 Å². The lowest BCUT2D eigenvalue weighted by Gasteiger charge is -2.08. The number of amides is 1. The summed E-state index contributed by atoms with van der Waals surface area (Å²) >= 11 is 3.39. The maximum atomic E-state index is 11.5. The molecule has 1 N–H and O–H groups in total. The van der Waals surface area contributed by atoms with Crippen LogP contribution in [0.1, 0.15) is 18.9 Å². The van der Waals surface area contributed by atoms with Crippen molar-refractivity contribution >= 4 is 27.5 Å². The molecule has 0 fully saturated rings. The molecular formula is C12H16BrNO2. The lowest BCUT2D eigenvalue weighted by atomic mass is 10.2. The zero-order valence-corrected chi connectivity index (χ0v) is 11.1. The Bertz CT molecular complexity index is 366. The molecule has 0 bridgehead atoms. The number of carbonyl (C=O) groups is 1. The molecule has 0 spiro atoms. The molecule has 0 saturated heterocycles. The molecule has 0 aliphatic rings. The van der Waals surface area contributed by atoms with Gasteiger partial charge in [-0.3, -0.25) is 4.79 Å². The second-order valence-corrected chi connectivity index (χ2v) is 4.33. The minimum atomic E-state index is -0.0280. The predicted octanol–water partition coefficient (Wildman–Crippen LogP) is 3.12. The number of aryl methyl sites for hydroxylation is 1. The van der Waals surface area contributed by atoms with Crippen molar-refractivity contribution in [1.29, 1.82) is 0 Å². The first-order chi connectivity index (χ1) is 7.63. The van der Waals surface area contributed by atoms with Gasteiger partial charge in [-0.2, -0.15) is 0 Å². The van der Waals surface area contributed by atoms with Crippen molar-refractivity contribution in [3.63, 3.8) is 0 Å². The summed E-state index contributed by atoms with van der Waals surface area (Å²) in [4.78, 5) is 11.5. The van der Waals surface area contributed by atoms with Crippen LogP contribution in [0.15, 0.2) is 22.7 Å². The van der Waals surface area contributed by atoms with Crippen LogP contribution in [0, 0.1) is 6.92 Å². The molecule has 16 heavy (non-hydrogen) atoms. The van der Waals surface area contributed by atoms with Crippen LogP contribution < -0.4 is 5.32 Å². The third-order valence-electron chi connectivity index (χ3n) is 2.07. The number of anilines is 1. The van der Waals surface area contributed by atoms with Gasteiger partial charge < -0.3 is 10.1 Å². The van der Waals surface area contributed by atoms with E-state index in [-0.39, 0.29) is 5.91 Å². The zero-order valence-electron chi connectivity index (χ0n) is 9.55. The Morgan fingerprint density at radius 2 is 2.25 bits per heavy atom. The van der Waals surface area contributed by atoms with E-state index in [0.29, 0.717) is 19.6 Å². The Labute approximate surface area is 104 Å². The molecule has 0 aliphatic heterocycles. The summed E-state index contributed by atoms with van der Waals surface area (Å²) in [6.07, 6.45) is 0.383. The van der Waals surface area contributed by atoms with Crippen LogP contribution in [0.2, 0.25) is 0 Å². The van der Waals surface area contributed by atoms with E-state index in [1.54, 1.807) is 0 Å². The van der Waals surface area contributed by atoms with Gasteiger partial charge >= 0.3 is 0 Å². The fraction of sp³-hybridized carbons (Fsp3) is 0.417. The van der Waals surface area contributed by atoms with Gasteiger partial charge in [-0.05, 0) is 47.5 Å². The smallest absolute Gasteiger partial charge is 0.226 e.